The average molecular weight is 452 g/mol. The Balaban J connectivity index is 1.65. The number of likely N-dealkylation sites (tertiary alicyclic amines) is 1. The van der Waals surface area contributed by atoms with Crippen LogP contribution in [-0.2, 0) is 14.2 Å². The van der Waals surface area contributed by atoms with Crippen molar-refractivity contribution in [3.8, 4) is 0 Å². The highest BCUT2D eigenvalue weighted by Gasteiger charge is 2.53. The first kappa shape index (κ1) is 25.2. The van der Waals surface area contributed by atoms with Gasteiger partial charge in [-0.1, -0.05) is 13.8 Å². The Kier molecular flexibility index (Phi) is 8.31. The first-order chi connectivity index (χ1) is 14.6. The van der Waals surface area contributed by atoms with Crippen LogP contribution in [0.3, 0.4) is 0 Å². The highest BCUT2D eigenvalue weighted by molar-refractivity contribution is 4.97. The Hall–Kier alpha value is -0.440. The molecule has 11 nitrogen and oxygen atoms in total. The van der Waals surface area contributed by atoms with Gasteiger partial charge in [-0.15, -0.1) is 0 Å². The molecule has 11 heteroatoms. The molecule has 7 N–H and O–H groups in total. The Bertz CT molecular complexity index is 580. The zero-order valence-corrected chi connectivity index (χ0v) is 18.0. The van der Waals surface area contributed by atoms with Gasteiger partial charge in [-0.2, -0.15) is 0 Å². The molecule has 182 valence electrons. The second-order valence-corrected chi connectivity index (χ2v) is 9.49. The van der Waals surface area contributed by atoms with E-state index < -0.39 is 61.4 Å². The molecule has 31 heavy (non-hydrogen) atoms. The summed E-state index contributed by atoms with van der Waals surface area (Å²) in [6.45, 7) is 4.89. The normalized spacial score (nSPS) is 47.2. The van der Waals surface area contributed by atoms with Crippen LogP contribution in [0.1, 0.15) is 26.7 Å². The van der Waals surface area contributed by atoms with Crippen molar-refractivity contribution >= 4 is 0 Å². The summed E-state index contributed by atoms with van der Waals surface area (Å²) in [5.41, 5.74) is 0. The first-order valence-electron chi connectivity index (χ1n) is 11.0. The maximum atomic E-state index is 11.0. The third-order valence-electron chi connectivity index (χ3n) is 6.42. The highest BCUT2D eigenvalue weighted by atomic mass is 16.7. The summed E-state index contributed by atoms with van der Waals surface area (Å²) in [7, 11) is 0. The fraction of sp³-hybridized carbons (Fsp3) is 1.00. The number of hydrogen-bond acceptors (Lipinski definition) is 11. The van der Waals surface area contributed by atoms with Crippen LogP contribution in [0.4, 0.5) is 0 Å². The van der Waals surface area contributed by atoms with Crippen LogP contribution in [0.2, 0.25) is 0 Å². The van der Waals surface area contributed by atoms with Gasteiger partial charge in [0.25, 0.3) is 0 Å². The van der Waals surface area contributed by atoms with E-state index in [2.05, 4.69) is 13.8 Å². The lowest BCUT2D eigenvalue weighted by Gasteiger charge is -2.47. The van der Waals surface area contributed by atoms with Crippen LogP contribution in [-0.4, -0.2) is 128 Å². The molecule has 0 spiro atoms. The van der Waals surface area contributed by atoms with Crippen molar-refractivity contribution in [1.29, 1.82) is 0 Å². The van der Waals surface area contributed by atoms with E-state index in [-0.39, 0.29) is 13.2 Å². The minimum atomic E-state index is -2.01. The Morgan fingerprint density at radius 3 is 2.45 bits per heavy atom. The van der Waals surface area contributed by atoms with E-state index in [1.807, 2.05) is 4.90 Å². The Morgan fingerprint density at radius 1 is 1.10 bits per heavy atom. The van der Waals surface area contributed by atoms with Gasteiger partial charge in [0.15, 0.2) is 6.29 Å². The summed E-state index contributed by atoms with van der Waals surface area (Å²) in [4.78, 5) is 2.00. The minimum absolute atomic E-state index is 0.0179. The summed E-state index contributed by atoms with van der Waals surface area (Å²) < 4.78 is 16.2. The van der Waals surface area contributed by atoms with Crippen molar-refractivity contribution in [3.05, 3.63) is 0 Å². The van der Waals surface area contributed by atoms with Gasteiger partial charge in [-0.3, -0.25) is 4.90 Å². The summed E-state index contributed by atoms with van der Waals surface area (Å²) in [5, 5.41) is 71.4. The van der Waals surface area contributed by atoms with Gasteiger partial charge in [-0.25, -0.2) is 0 Å². The Morgan fingerprint density at radius 2 is 1.81 bits per heavy atom. The standard InChI is InChI=1S/C20H37NO10/c1-10(2)5-11-3-4-21(6-11)9-20(28)18(27)17(12(23)8-29-20)31-19-16(26)15(25)14(24)13(7-22)30-19/h10-19,22-28H,3-9H2,1-2H3/t11?,12?,13?,14?,15?,16?,17?,18?,19?,20-/m0/s1. The zero-order valence-electron chi connectivity index (χ0n) is 18.0. The SMILES string of the molecule is CC(C)CC1CCN(C[C@]2(O)OCC(O)C(OC3OC(CO)C(O)C(O)C3O)C2O)C1. The van der Waals surface area contributed by atoms with Crippen molar-refractivity contribution < 1.29 is 50.0 Å². The van der Waals surface area contributed by atoms with Gasteiger partial charge >= 0.3 is 0 Å². The lowest BCUT2D eigenvalue weighted by molar-refractivity contribution is -0.370. The summed E-state index contributed by atoms with van der Waals surface area (Å²) in [6, 6.07) is 0. The smallest absolute Gasteiger partial charge is 0.207 e. The van der Waals surface area contributed by atoms with Gasteiger partial charge in [0, 0.05) is 6.54 Å². The number of aliphatic hydroxyl groups excluding tert-OH is 6. The van der Waals surface area contributed by atoms with Crippen molar-refractivity contribution in [2.24, 2.45) is 11.8 Å². The third-order valence-corrected chi connectivity index (χ3v) is 6.42. The van der Waals surface area contributed by atoms with E-state index in [0.717, 1.165) is 25.9 Å². The second kappa shape index (κ2) is 10.2. The molecule has 3 aliphatic heterocycles. The minimum Gasteiger partial charge on any atom is -0.394 e. The molecule has 9 unspecified atom stereocenters. The number of β-amino-alcohol motifs (C(OH)–C–C–N with tert-alkyl or cyclic N) is 1. The summed E-state index contributed by atoms with van der Waals surface area (Å²) >= 11 is 0. The number of aliphatic hydroxyl groups is 7. The fourth-order valence-electron chi connectivity index (χ4n) is 4.75. The van der Waals surface area contributed by atoms with Crippen LogP contribution >= 0.6 is 0 Å². The molecule has 10 atom stereocenters. The zero-order chi connectivity index (χ0) is 22.9. The largest absolute Gasteiger partial charge is 0.394 e. The topological polar surface area (TPSA) is 173 Å². The maximum Gasteiger partial charge on any atom is 0.207 e. The molecule has 0 amide bonds. The number of ether oxygens (including phenoxy) is 3. The lowest BCUT2D eigenvalue weighted by atomic mass is 9.95. The number of nitrogens with zero attached hydrogens (tertiary/aromatic N) is 1. The van der Waals surface area contributed by atoms with Crippen LogP contribution in [0.15, 0.2) is 0 Å². The molecule has 0 aromatic heterocycles. The molecular weight excluding hydrogens is 414 g/mol. The van der Waals surface area contributed by atoms with E-state index in [0.29, 0.717) is 11.8 Å². The summed E-state index contributed by atoms with van der Waals surface area (Å²) in [5.74, 6) is -0.947. The van der Waals surface area contributed by atoms with Gasteiger partial charge in [-0.05, 0) is 31.2 Å². The van der Waals surface area contributed by atoms with Gasteiger partial charge in [0.1, 0.15) is 42.7 Å². The fourth-order valence-corrected chi connectivity index (χ4v) is 4.75. The van der Waals surface area contributed by atoms with Crippen molar-refractivity contribution in [3.63, 3.8) is 0 Å². The van der Waals surface area contributed by atoms with Crippen molar-refractivity contribution in [2.75, 3.05) is 32.8 Å². The number of rotatable bonds is 7. The third kappa shape index (κ3) is 5.56. The molecule has 0 aromatic rings. The molecule has 3 fully saturated rings. The van der Waals surface area contributed by atoms with Crippen molar-refractivity contribution in [1.82, 2.24) is 4.90 Å². The van der Waals surface area contributed by atoms with Crippen LogP contribution in [0.25, 0.3) is 0 Å². The molecular formula is C20H37NO10. The van der Waals surface area contributed by atoms with Gasteiger partial charge in [0.2, 0.25) is 5.79 Å². The van der Waals surface area contributed by atoms with E-state index >= 15 is 0 Å². The molecule has 0 aliphatic carbocycles. The van der Waals surface area contributed by atoms with Gasteiger partial charge in [0.05, 0.1) is 19.8 Å². The van der Waals surface area contributed by atoms with Crippen LogP contribution < -0.4 is 0 Å². The second-order valence-electron chi connectivity index (χ2n) is 9.49. The molecule has 3 rings (SSSR count). The lowest BCUT2D eigenvalue weighted by Crippen LogP contribution is -2.67. The van der Waals surface area contributed by atoms with Gasteiger partial charge < -0.3 is 50.0 Å². The predicted octanol–water partition coefficient (Wildman–Crippen LogP) is -3.02. The monoisotopic (exact) mass is 451 g/mol. The van der Waals surface area contributed by atoms with E-state index in [1.165, 1.54) is 0 Å². The van der Waals surface area contributed by atoms with Crippen molar-refractivity contribution in [2.45, 2.75) is 81.5 Å². The molecule has 3 saturated heterocycles. The molecule has 0 bridgehead atoms. The van der Waals surface area contributed by atoms with E-state index in [1.54, 1.807) is 0 Å². The molecule has 3 aliphatic rings. The number of hydrogen-bond donors (Lipinski definition) is 7. The molecule has 0 radical (unpaired) electrons. The molecule has 0 saturated carbocycles. The van der Waals surface area contributed by atoms with Crippen LogP contribution in [0.5, 0.6) is 0 Å². The maximum absolute atomic E-state index is 11.0. The highest BCUT2D eigenvalue weighted by Crippen LogP contribution is 2.32. The predicted molar refractivity (Wildman–Crippen MR) is 106 cm³/mol. The quantitative estimate of drug-likeness (QED) is 0.210. The first-order valence-corrected chi connectivity index (χ1v) is 11.0. The molecule has 3 heterocycles. The Labute approximate surface area is 181 Å². The van der Waals surface area contributed by atoms with E-state index in [4.69, 9.17) is 14.2 Å². The van der Waals surface area contributed by atoms with E-state index in [9.17, 15) is 35.7 Å². The summed E-state index contributed by atoms with van der Waals surface area (Å²) in [6.07, 6.45) is -10.0. The molecule has 0 aromatic carbocycles. The average Bonchev–Trinajstić information content (AvgIpc) is 3.14. The van der Waals surface area contributed by atoms with Crippen LogP contribution in [0, 0.1) is 11.8 Å².